The molecule has 1 heterocycles. The van der Waals surface area contributed by atoms with Gasteiger partial charge >= 0.3 is 5.69 Å². The molecule has 0 aliphatic rings. The van der Waals surface area contributed by atoms with E-state index in [2.05, 4.69) is 21.7 Å². The van der Waals surface area contributed by atoms with Gasteiger partial charge in [-0.2, -0.15) is 0 Å². The normalized spacial score (nSPS) is 11.0. The molecule has 0 aliphatic carbocycles. The Bertz CT molecular complexity index is 849. The third kappa shape index (κ3) is 7.82. The molecule has 0 saturated carbocycles. The zero-order chi connectivity index (χ0) is 21.1. The van der Waals surface area contributed by atoms with Crippen molar-refractivity contribution in [3.8, 4) is 5.75 Å². The predicted molar refractivity (Wildman–Crippen MR) is 114 cm³/mol. The Morgan fingerprint density at radius 3 is 2.24 bits per heavy atom. The average Bonchev–Trinajstić information content (AvgIpc) is 2.69. The Kier molecular flexibility index (Phi) is 9.58. The van der Waals surface area contributed by atoms with E-state index in [-0.39, 0.29) is 5.56 Å². The van der Waals surface area contributed by atoms with Gasteiger partial charge in [0.15, 0.2) is 0 Å². The molecule has 2 aromatic rings. The molecule has 7 N–H and O–H groups in total. The minimum absolute atomic E-state index is 0.349. The van der Waals surface area contributed by atoms with Crippen molar-refractivity contribution < 1.29 is 4.74 Å². The number of rotatable bonds is 13. The summed E-state index contributed by atoms with van der Waals surface area (Å²) in [6.07, 6.45) is 2.22. The summed E-state index contributed by atoms with van der Waals surface area (Å²) >= 11 is 0. The van der Waals surface area contributed by atoms with Crippen molar-refractivity contribution in [1.29, 1.82) is 0 Å². The summed E-state index contributed by atoms with van der Waals surface area (Å²) in [6, 6.07) is 6.14. The van der Waals surface area contributed by atoms with Gasteiger partial charge in [0, 0.05) is 57.6 Å². The standard InChI is InChI=1S/C20H32N6O3/c1-15-14-26(20(28)25-19(15)27)7-2-8-29-18-10-16(12-23-5-3-21)9-17(11-18)13-24-6-4-22/h9-11,14,23-24H,2-8,12-13,21-22H2,1H3,(H,25,27,28). The van der Waals surface area contributed by atoms with E-state index in [0.29, 0.717) is 51.3 Å². The number of nitrogens with two attached hydrogens (primary N) is 2. The lowest BCUT2D eigenvalue weighted by atomic mass is 10.1. The van der Waals surface area contributed by atoms with Crippen molar-refractivity contribution in [1.82, 2.24) is 20.2 Å². The molecule has 0 amide bonds. The van der Waals surface area contributed by atoms with Gasteiger partial charge in [-0.3, -0.25) is 9.78 Å². The van der Waals surface area contributed by atoms with Gasteiger partial charge < -0.3 is 31.4 Å². The second kappa shape index (κ2) is 12.2. The number of nitrogens with one attached hydrogen (secondary N) is 3. The van der Waals surface area contributed by atoms with E-state index in [0.717, 1.165) is 30.0 Å². The monoisotopic (exact) mass is 404 g/mol. The highest BCUT2D eigenvalue weighted by atomic mass is 16.5. The van der Waals surface area contributed by atoms with Gasteiger partial charge in [-0.05, 0) is 36.6 Å². The molecule has 160 valence electrons. The highest BCUT2D eigenvalue weighted by molar-refractivity contribution is 5.34. The molecule has 0 spiro atoms. The van der Waals surface area contributed by atoms with Crippen LogP contribution in [0.15, 0.2) is 34.0 Å². The first kappa shape index (κ1) is 22.8. The number of aromatic nitrogens is 2. The fraction of sp³-hybridized carbons (Fsp3) is 0.500. The van der Waals surface area contributed by atoms with Crippen LogP contribution >= 0.6 is 0 Å². The molecule has 0 atom stereocenters. The molecule has 9 heteroatoms. The number of aryl methyl sites for hydroxylation is 2. The van der Waals surface area contributed by atoms with Crippen LogP contribution in [0.2, 0.25) is 0 Å². The van der Waals surface area contributed by atoms with Gasteiger partial charge in [0.25, 0.3) is 5.56 Å². The zero-order valence-corrected chi connectivity index (χ0v) is 17.0. The summed E-state index contributed by atoms with van der Waals surface area (Å²) in [7, 11) is 0. The SMILES string of the molecule is Cc1cn(CCCOc2cc(CNCCN)cc(CNCCN)c2)c(=O)[nH]c1=O. The Morgan fingerprint density at radius 2 is 1.66 bits per heavy atom. The van der Waals surface area contributed by atoms with Crippen molar-refractivity contribution in [2.45, 2.75) is 33.0 Å². The minimum Gasteiger partial charge on any atom is -0.494 e. The molecular formula is C20H32N6O3. The Labute approximate surface area is 170 Å². The largest absolute Gasteiger partial charge is 0.494 e. The first-order chi connectivity index (χ1) is 14.0. The van der Waals surface area contributed by atoms with E-state index in [9.17, 15) is 9.59 Å². The van der Waals surface area contributed by atoms with E-state index in [1.165, 1.54) is 4.57 Å². The molecule has 0 radical (unpaired) electrons. The Morgan fingerprint density at radius 1 is 1.03 bits per heavy atom. The second-order valence-electron chi connectivity index (χ2n) is 6.88. The fourth-order valence-corrected chi connectivity index (χ4v) is 2.90. The van der Waals surface area contributed by atoms with Crippen molar-refractivity contribution in [3.05, 3.63) is 61.9 Å². The average molecular weight is 405 g/mol. The van der Waals surface area contributed by atoms with Gasteiger partial charge in [0.2, 0.25) is 0 Å². The second-order valence-corrected chi connectivity index (χ2v) is 6.88. The maximum absolute atomic E-state index is 11.8. The molecule has 0 aliphatic heterocycles. The van der Waals surface area contributed by atoms with E-state index in [4.69, 9.17) is 16.2 Å². The third-order valence-corrected chi connectivity index (χ3v) is 4.33. The Balaban J connectivity index is 1.95. The van der Waals surface area contributed by atoms with Crippen molar-refractivity contribution in [2.75, 3.05) is 32.8 Å². The van der Waals surface area contributed by atoms with Crippen LogP contribution in [0.4, 0.5) is 0 Å². The highest BCUT2D eigenvalue weighted by Crippen LogP contribution is 2.18. The number of aromatic amines is 1. The van der Waals surface area contributed by atoms with Crippen LogP contribution in [-0.4, -0.2) is 42.3 Å². The molecule has 0 bridgehead atoms. The van der Waals surface area contributed by atoms with Crippen LogP contribution in [0.5, 0.6) is 5.75 Å². The lowest BCUT2D eigenvalue weighted by molar-refractivity contribution is 0.299. The van der Waals surface area contributed by atoms with Crippen LogP contribution in [0.3, 0.4) is 0 Å². The molecule has 0 unspecified atom stereocenters. The maximum atomic E-state index is 11.8. The first-order valence-corrected chi connectivity index (χ1v) is 9.91. The first-order valence-electron chi connectivity index (χ1n) is 9.91. The lowest BCUT2D eigenvalue weighted by Gasteiger charge is -2.13. The van der Waals surface area contributed by atoms with Crippen LogP contribution in [0.25, 0.3) is 0 Å². The van der Waals surface area contributed by atoms with Gasteiger partial charge in [0.05, 0.1) is 6.61 Å². The number of benzene rings is 1. The van der Waals surface area contributed by atoms with E-state index >= 15 is 0 Å². The van der Waals surface area contributed by atoms with Gasteiger partial charge in [-0.15, -0.1) is 0 Å². The Hall–Kier alpha value is -2.46. The minimum atomic E-state index is -0.401. The van der Waals surface area contributed by atoms with E-state index in [1.807, 2.05) is 12.1 Å². The van der Waals surface area contributed by atoms with E-state index in [1.54, 1.807) is 13.1 Å². The molecular weight excluding hydrogens is 372 g/mol. The van der Waals surface area contributed by atoms with Gasteiger partial charge in [-0.25, -0.2) is 4.79 Å². The molecule has 2 rings (SSSR count). The van der Waals surface area contributed by atoms with Crippen LogP contribution in [-0.2, 0) is 19.6 Å². The van der Waals surface area contributed by atoms with Crippen LogP contribution < -0.4 is 38.1 Å². The zero-order valence-electron chi connectivity index (χ0n) is 17.0. The van der Waals surface area contributed by atoms with Gasteiger partial charge in [-0.1, -0.05) is 6.07 Å². The number of hydrogen-bond donors (Lipinski definition) is 5. The van der Waals surface area contributed by atoms with Crippen LogP contribution in [0, 0.1) is 6.92 Å². The molecule has 1 aromatic carbocycles. The maximum Gasteiger partial charge on any atom is 0.328 e. The smallest absolute Gasteiger partial charge is 0.328 e. The van der Waals surface area contributed by atoms with Crippen molar-refractivity contribution >= 4 is 0 Å². The summed E-state index contributed by atoms with van der Waals surface area (Å²) in [5.41, 5.74) is 13.1. The fourth-order valence-electron chi connectivity index (χ4n) is 2.90. The number of ether oxygens (including phenoxy) is 1. The summed E-state index contributed by atoms with van der Waals surface area (Å²) in [5.74, 6) is 0.784. The summed E-state index contributed by atoms with van der Waals surface area (Å²) in [6.45, 7) is 6.71. The van der Waals surface area contributed by atoms with Gasteiger partial charge in [0.1, 0.15) is 5.75 Å². The number of H-pyrrole nitrogens is 1. The molecule has 29 heavy (non-hydrogen) atoms. The summed E-state index contributed by atoms with van der Waals surface area (Å²) in [4.78, 5) is 25.6. The molecule has 0 fully saturated rings. The molecule has 1 aromatic heterocycles. The van der Waals surface area contributed by atoms with Crippen molar-refractivity contribution in [2.24, 2.45) is 11.5 Å². The predicted octanol–water partition coefficient (Wildman–Crippen LogP) is -0.589. The summed E-state index contributed by atoms with van der Waals surface area (Å²) < 4.78 is 7.42. The number of nitrogens with zero attached hydrogens (tertiary/aromatic N) is 1. The van der Waals surface area contributed by atoms with Crippen molar-refractivity contribution in [3.63, 3.8) is 0 Å². The quantitative estimate of drug-likeness (QED) is 0.281. The topological polar surface area (TPSA) is 140 Å². The molecule has 9 nitrogen and oxygen atoms in total. The summed E-state index contributed by atoms with van der Waals surface area (Å²) in [5, 5.41) is 6.58. The lowest BCUT2D eigenvalue weighted by Crippen LogP contribution is -2.31. The highest BCUT2D eigenvalue weighted by Gasteiger charge is 2.04. The van der Waals surface area contributed by atoms with E-state index < -0.39 is 5.69 Å². The number of hydrogen-bond acceptors (Lipinski definition) is 7. The van der Waals surface area contributed by atoms with Crippen LogP contribution in [0.1, 0.15) is 23.1 Å². The third-order valence-electron chi connectivity index (χ3n) is 4.33. The molecule has 0 saturated heterocycles.